The predicted octanol–water partition coefficient (Wildman–Crippen LogP) is 3.83. The number of nitrogens with two attached hydrogens (primary N) is 1. The monoisotopic (exact) mass is 581 g/mol. The number of halogens is 9. The topological polar surface area (TPSA) is 143 Å². The van der Waals surface area contributed by atoms with Crippen molar-refractivity contribution in [2.24, 2.45) is 17.1 Å². The van der Waals surface area contributed by atoms with Gasteiger partial charge in [0.25, 0.3) is 0 Å². The van der Waals surface area contributed by atoms with Crippen molar-refractivity contribution in [3.63, 3.8) is 0 Å². The molecule has 2 unspecified atom stereocenters. The Kier molecular flexibility index (Phi) is 9.17. The first-order valence-corrected chi connectivity index (χ1v) is 11.1. The van der Waals surface area contributed by atoms with Gasteiger partial charge in [0.15, 0.2) is 5.65 Å². The highest BCUT2D eigenvalue weighted by atomic mass is 19.4. The number of alkyl halides is 9. The van der Waals surface area contributed by atoms with E-state index in [0.717, 1.165) is 13.8 Å². The van der Waals surface area contributed by atoms with Gasteiger partial charge in [-0.05, 0) is 25.3 Å². The maximum atomic E-state index is 13.0. The van der Waals surface area contributed by atoms with Crippen molar-refractivity contribution in [2.75, 3.05) is 0 Å². The van der Waals surface area contributed by atoms with Gasteiger partial charge < -0.3 is 21.3 Å². The molecule has 2 aromatic rings. The first kappa shape index (κ1) is 32.1. The molecule has 0 aromatic carbocycles. The van der Waals surface area contributed by atoms with Crippen molar-refractivity contribution in [3.8, 4) is 0 Å². The molecule has 1 aliphatic heterocycles. The maximum absolute atomic E-state index is 13.0. The predicted molar refractivity (Wildman–Crippen MR) is 114 cm³/mol. The lowest BCUT2D eigenvalue weighted by Crippen LogP contribution is -2.38. The van der Waals surface area contributed by atoms with Crippen LogP contribution >= 0.6 is 0 Å². The van der Waals surface area contributed by atoms with E-state index in [-0.39, 0.29) is 29.7 Å². The number of carboxylic acids is 1. The molecule has 1 saturated heterocycles. The van der Waals surface area contributed by atoms with Crippen molar-refractivity contribution in [1.29, 1.82) is 0 Å². The molecule has 0 radical (unpaired) electrons. The molecular formula is C21H24F9N5O4. The van der Waals surface area contributed by atoms with Crippen LogP contribution in [0.3, 0.4) is 0 Å². The largest absolute Gasteiger partial charge is 0.490 e. The lowest BCUT2D eigenvalue weighted by molar-refractivity contribution is -0.214. The Labute approximate surface area is 214 Å². The zero-order valence-corrected chi connectivity index (χ0v) is 20.2. The highest BCUT2D eigenvalue weighted by Gasteiger charge is 2.50. The number of hydrogen-bond donors (Lipinski definition) is 4. The highest BCUT2D eigenvalue weighted by Crippen LogP contribution is 2.42. The van der Waals surface area contributed by atoms with Crippen LogP contribution in [0.25, 0.3) is 5.65 Å². The molecule has 4 atom stereocenters. The van der Waals surface area contributed by atoms with Gasteiger partial charge in [-0.1, -0.05) is 13.8 Å². The summed E-state index contributed by atoms with van der Waals surface area (Å²) in [5.74, 6) is -4.99. The number of fused-ring (bicyclic) bond motifs is 1. The van der Waals surface area contributed by atoms with Crippen molar-refractivity contribution in [2.45, 2.75) is 69.8 Å². The van der Waals surface area contributed by atoms with Crippen LogP contribution in [0.4, 0.5) is 39.5 Å². The highest BCUT2D eigenvalue weighted by molar-refractivity contribution is 5.82. The quantitative estimate of drug-likeness (QED) is 0.380. The number of carbonyl (C=O) groups is 2. The normalized spacial score (nSPS) is 20.3. The van der Waals surface area contributed by atoms with Gasteiger partial charge in [0, 0.05) is 11.6 Å². The Morgan fingerprint density at radius 3 is 2.21 bits per heavy atom. The third kappa shape index (κ3) is 7.93. The van der Waals surface area contributed by atoms with Gasteiger partial charge in [0.2, 0.25) is 5.91 Å². The van der Waals surface area contributed by atoms with Gasteiger partial charge >= 0.3 is 24.5 Å². The number of aromatic nitrogens is 3. The molecule has 220 valence electrons. The van der Waals surface area contributed by atoms with Gasteiger partial charge in [-0.3, -0.25) is 4.79 Å². The van der Waals surface area contributed by atoms with Crippen LogP contribution in [0, 0.1) is 11.3 Å². The molecule has 0 saturated carbocycles. The molecule has 1 fully saturated rings. The summed E-state index contributed by atoms with van der Waals surface area (Å²) < 4.78 is 111. The van der Waals surface area contributed by atoms with E-state index in [1.54, 1.807) is 0 Å². The lowest BCUT2D eigenvalue weighted by atomic mass is 9.85. The number of nitrogens with one attached hydrogen (secondary N) is 1. The summed E-state index contributed by atoms with van der Waals surface area (Å²) in [6.45, 7) is 2.17. The van der Waals surface area contributed by atoms with E-state index in [1.165, 1.54) is 23.0 Å². The Morgan fingerprint density at radius 2 is 1.74 bits per heavy atom. The van der Waals surface area contributed by atoms with E-state index in [1.807, 2.05) is 5.32 Å². The average Bonchev–Trinajstić information content (AvgIpc) is 3.39. The van der Waals surface area contributed by atoms with E-state index >= 15 is 0 Å². The number of amides is 1. The first-order chi connectivity index (χ1) is 17.5. The number of rotatable bonds is 6. The van der Waals surface area contributed by atoms with Gasteiger partial charge in [0.05, 0.1) is 35.5 Å². The number of aliphatic carboxylic acids is 1. The fourth-order valence-corrected chi connectivity index (χ4v) is 3.47. The number of aliphatic hydroxyl groups excluding tert-OH is 1. The molecule has 1 aliphatic rings. The summed E-state index contributed by atoms with van der Waals surface area (Å²) in [4.78, 5) is 25.0. The minimum absolute atomic E-state index is 0.00689. The van der Waals surface area contributed by atoms with Crippen molar-refractivity contribution in [3.05, 3.63) is 29.7 Å². The zero-order chi connectivity index (χ0) is 30.1. The Morgan fingerprint density at radius 1 is 1.18 bits per heavy atom. The Hall–Kier alpha value is -3.15. The van der Waals surface area contributed by atoms with Gasteiger partial charge in [0.1, 0.15) is 6.04 Å². The number of nitrogens with zero attached hydrogens (tertiary/aromatic N) is 3. The summed E-state index contributed by atoms with van der Waals surface area (Å²) >= 11 is 0. The Balaban J connectivity index is 0.000000673. The summed E-state index contributed by atoms with van der Waals surface area (Å²) in [6.07, 6.45) is -13.8. The number of aliphatic hydroxyl groups is 1. The molecule has 0 bridgehead atoms. The molecule has 0 spiro atoms. The van der Waals surface area contributed by atoms with E-state index < -0.39 is 66.3 Å². The van der Waals surface area contributed by atoms with Crippen LogP contribution in [0.1, 0.15) is 56.5 Å². The van der Waals surface area contributed by atoms with E-state index in [9.17, 15) is 49.4 Å². The Bertz CT molecular complexity index is 1180. The second kappa shape index (κ2) is 11.1. The maximum Gasteiger partial charge on any atom is 0.490 e. The molecule has 5 N–H and O–H groups in total. The van der Waals surface area contributed by atoms with Gasteiger partial charge in [-0.2, -0.15) is 44.6 Å². The molecular weight excluding hydrogens is 557 g/mol. The SMILES string of the molecule is CC(C)(CC[C@H](N)c1cn2ncc(C(O)C3C[C@@H](C(F)(F)F)NC3=O)cc2n1)C(F)(F)F.O=C(O)C(F)(F)F. The molecule has 18 heteroatoms. The van der Waals surface area contributed by atoms with E-state index in [4.69, 9.17) is 15.6 Å². The van der Waals surface area contributed by atoms with E-state index in [2.05, 4.69) is 10.1 Å². The molecule has 0 aliphatic carbocycles. The fraction of sp³-hybridized carbons (Fsp3) is 0.619. The van der Waals surface area contributed by atoms with Crippen LogP contribution in [0.15, 0.2) is 18.5 Å². The second-order valence-electron chi connectivity index (χ2n) is 9.48. The zero-order valence-electron chi connectivity index (χ0n) is 20.2. The second-order valence-corrected chi connectivity index (χ2v) is 9.48. The standard InChI is InChI=1S/C19H23F6N5O2.C2HF3O2/c1-17(2,19(23,24)25)4-3-11(26)12-8-30-14(28-12)5-9(7-27-30)15(31)10-6-13(18(20,21)22)29-16(10)32;3-2(4,5)1(6)7/h5,7-8,10-11,13,15,31H,3-4,6,26H2,1-2H3,(H,29,32);(H,6,7)/t10?,11-,13-,15?;/m0./s1. The molecule has 3 rings (SSSR count). The number of carbonyl (C=O) groups excluding carboxylic acids is 1. The molecule has 39 heavy (non-hydrogen) atoms. The van der Waals surface area contributed by atoms with Crippen LogP contribution in [0.5, 0.6) is 0 Å². The molecule has 1 amide bonds. The number of hydrogen-bond acceptors (Lipinski definition) is 6. The third-order valence-corrected chi connectivity index (χ3v) is 6.09. The van der Waals surface area contributed by atoms with Crippen LogP contribution in [0.2, 0.25) is 0 Å². The fourth-order valence-electron chi connectivity index (χ4n) is 3.47. The summed E-state index contributed by atoms with van der Waals surface area (Å²) in [5.41, 5.74) is 4.63. The van der Waals surface area contributed by atoms with Gasteiger partial charge in [-0.25, -0.2) is 14.3 Å². The molecule has 2 aromatic heterocycles. The third-order valence-electron chi connectivity index (χ3n) is 6.09. The van der Waals surface area contributed by atoms with Crippen LogP contribution in [-0.4, -0.2) is 61.3 Å². The summed E-state index contributed by atoms with van der Waals surface area (Å²) in [6, 6.07) is -1.50. The first-order valence-electron chi connectivity index (χ1n) is 11.1. The smallest absolute Gasteiger partial charge is 0.475 e. The number of imidazole rings is 1. The summed E-state index contributed by atoms with van der Waals surface area (Å²) in [5, 5.41) is 23.4. The summed E-state index contributed by atoms with van der Waals surface area (Å²) in [7, 11) is 0. The molecule has 9 nitrogen and oxygen atoms in total. The van der Waals surface area contributed by atoms with Crippen LogP contribution < -0.4 is 11.1 Å². The van der Waals surface area contributed by atoms with Crippen LogP contribution in [-0.2, 0) is 9.59 Å². The van der Waals surface area contributed by atoms with Crippen molar-refractivity contribution in [1.82, 2.24) is 19.9 Å². The number of carboxylic acid groups (broad SMARTS) is 1. The minimum Gasteiger partial charge on any atom is -0.475 e. The average molecular weight is 581 g/mol. The van der Waals surface area contributed by atoms with Crippen molar-refractivity contribution >= 4 is 17.5 Å². The van der Waals surface area contributed by atoms with E-state index in [0.29, 0.717) is 0 Å². The van der Waals surface area contributed by atoms with Crippen molar-refractivity contribution < 1.29 is 59.3 Å². The minimum atomic E-state index is -5.08. The van der Waals surface area contributed by atoms with Gasteiger partial charge in [-0.15, -0.1) is 0 Å². The lowest BCUT2D eigenvalue weighted by Gasteiger charge is -2.28. The molecule has 3 heterocycles.